The number of hydrogen-bond donors (Lipinski definition) is 1. The molecule has 1 aliphatic rings. The molecule has 0 heterocycles. The van der Waals surface area contributed by atoms with Gasteiger partial charge in [-0.1, -0.05) is 31.9 Å². The van der Waals surface area contributed by atoms with Crippen molar-refractivity contribution in [3.8, 4) is 6.07 Å². The lowest BCUT2D eigenvalue weighted by atomic mass is 9.98. The highest BCUT2D eigenvalue weighted by atomic mass is 79.9. The van der Waals surface area contributed by atoms with Gasteiger partial charge >= 0.3 is 0 Å². The van der Waals surface area contributed by atoms with E-state index in [1.54, 1.807) is 6.92 Å². The topological polar surface area (TPSA) is 52.9 Å². The lowest BCUT2D eigenvalue weighted by molar-refractivity contribution is -0.121. The van der Waals surface area contributed by atoms with Gasteiger partial charge in [0.1, 0.15) is 10.4 Å². The molecule has 0 saturated heterocycles. The molecule has 1 N–H and O–H groups in total. The van der Waals surface area contributed by atoms with Gasteiger partial charge in [-0.15, -0.1) is 0 Å². The van der Waals surface area contributed by atoms with Crippen molar-refractivity contribution in [1.82, 2.24) is 5.32 Å². The fraction of sp³-hybridized carbons (Fsp3) is 0.778. The van der Waals surface area contributed by atoms with Gasteiger partial charge in [-0.25, -0.2) is 0 Å². The summed E-state index contributed by atoms with van der Waals surface area (Å²) in [7, 11) is 0. The van der Waals surface area contributed by atoms with Crippen molar-refractivity contribution >= 4 is 37.8 Å². The van der Waals surface area contributed by atoms with Crippen LogP contribution in [-0.4, -0.2) is 21.6 Å². The quantitative estimate of drug-likeness (QED) is 0.804. The van der Waals surface area contributed by atoms with Gasteiger partial charge < -0.3 is 5.32 Å². The van der Waals surface area contributed by atoms with Crippen LogP contribution in [0.2, 0.25) is 0 Å². The maximum absolute atomic E-state index is 11.5. The van der Waals surface area contributed by atoms with Crippen molar-refractivity contribution in [1.29, 1.82) is 5.26 Å². The summed E-state index contributed by atoms with van der Waals surface area (Å²) >= 11 is 6.43. The first-order valence-electron chi connectivity index (χ1n) is 4.47. The van der Waals surface area contributed by atoms with Crippen LogP contribution >= 0.6 is 31.9 Å². The number of rotatable bonds is 4. The van der Waals surface area contributed by atoms with E-state index in [-0.39, 0.29) is 10.7 Å². The van der Waals surface area contributed by atoms with E-state index in [9.17, 15) is 4.79 Å². The predicted octanol–water partition coefficient (Wildman–Crippen LogP) is 1.95. The van der Waals surface area contributed by atoms with E-state index in [4.69, 9.17) is 5.26 Å². The summed E-state index contributed by atoms with van der Waals surface area (Å²) in [5.41, 5.74) is -0.689. The Labute approximate surface area is 100 Å². The minimum absolute atomic E-state index is 0.127. The van der Waals surface area contributed by atoms with Crippen molar-refractivity contribution in [2.75, 3.05) is 5.33 Å². The molecule has 0 spiro atoms. The van der Waals surface area contributed by atoms with Gasteiger partial charge in [0.05, 0.1) is 6.07 Å². The summed E-state index contributed by atoms with van der Waals surface area (Å²) in [6.45, 7) is 1.79. The zero-order valence-corrected chi connectivity index (χ0v) is 11.1. The van der Waals surface area contributed by atoms with Crippen molar-refractivity contribution in [3.63, 3.8) is 0 Å². The van der Waals surface area contributed by atoms with Crippen LogP contribution < -0.4 is 5.32 Å². The van der Waals surface area contributed by atoms with Crippen LogP contribution in [0.25, 0.3) is 0 Å². The lowest BCUT2D eigenvalue weighted by Crippen LogP contribution is -2.49. The minimum Gasteiger partial charge on any atom is -0.337 e. The molecule has 2 atom stereocenters. The summed E-state index contributed by atoms with van der Waals surface area (Å²) in [5.74, 6) is 0.198. The van der Waals surface area contributed by atoms with Crippen molar-refractivity contribution in [3.05, 3.63) is 0 Å². The molecule has 3 nitrogen and oxygen atoms in total. The van der Waals surface area contributed by atoms with E-state index in [1.165, 1.54) is 0 Å². The Morgan fingerprint density at radius 2 is 2.36 bits per heavy atom. The zero-order valence-electron chi connectivity index (χ0n) is 7.89. The standard InChI is InChI=1S/C9H12Br2N2O/c1-9(5-12,6-2-3-6)13-8(14)7(11)4-10/h6-7H,2-4H2,1H3,(H,13,14). The normalized spacial score (nSPS) is 21.9. The molecule has 1 fully saturated rings. The number of carbonyl (C=O) groups is 1. The lowest BCUT2D eigenvalue weighted by Gasteiger charge is -2.23. The second kappa shape index (κ2) is 4.63. The molecule has 1 amide bonds. The Kier molecular flexibility index (Phi) is 3.96. The van der Waals surface area contributed by atoms with E-state index in [0.717, 1.165) is 12.8 Å². The van der Waals surface area contributed by atoms with Crippen LogP contribution in [0.3, 0.4) is 0 Å². The number of nitrogens with one attached hydrogen (secondary N) is 1. The number of halogens is 2. The molecule has 0 aliphatic heterocycles. The van der Waals surface area contributed by atoms with Gasteiger partial charge in [0.2, 0.25) is 5.91 Å². The molecule has 2 unspecified atom stereocenters. The summed E-state index contributed by atoms with van der Waals surface area (Å²) in [6, 6.07) is 2.18. The van der Waals surface area contributed by atoms with E-state index in [1.807, 2.05) is 0 Å². The first kappa shape index (κ1) is 12.0. The first-order chi connectivity index (χ1) is 6.53. The minimum atomic E-state index is -0.689. The van der Waals surface area contributed by atoms with E-state index in [2.05, 4.69) is 43.2 Å². The van der Waals surface area contributed by atoms with Crippen LogP contribution in [0.1, 0.15) is 19.8 Å². The molecule has 0 radical (unpaired) electrons. The summed E-state index contributed by atoms with van der Waals surface area (Å²) in [5, 5.41) is 12.3. The molecule has 0 aromatic rings. The highest BCUT2D eigenvalue weighted by molar-refractivity contribution is 9.12. The SMILES string of the molecule is CC(C#N)(NC(=O)C(Br)CBr)C1CC1. The molecular weight excluding hydrogens is 312 g/mol. The zero-order chi connectivity index (χ0) is 10.8. The fourth-order valence-corrected chi connectivity index (χ4v) is 1.69. The summed E-state index contributed by atoms with van der Waals surface area (Å²) < 4.78 is 0. The largest absolute Gasteiger partial charge is 0.337 e. The summed E-state index contributed by atoms with van der Waals surface area (Å²) in [6.07, 6.45) is 2.07. The number of hydrogen-bond acceptors (Lipinski definition) is 2. The maximum atomic E-state index is 11.5. The van der Waals surface area contributed by atoms with Crippen molar-refractivity contribution in [2.24, 2.45) is 5.92 Å². The Hall–Kier alpha value is -0.0800. The number of nitriles is 1. The van der Waals surface area contributed by atoms with Crippen molar-refractivity contribution < 1.29 is 4.79 Å². The monoisotopic (exact) mass is 322 g/mol. The van der Waals surface area contributed by atoms with Gasteiger partial charge in [-0.05, 0) is 25.7 Å². The highest BCUT2D eigenvalue weighted by Crippen LogP contribution is 2.39. The highest BCUT2D eigenvalue weighted by Gasteiger charge is 2.43. The second-order valence-corrected chi connectivity index (χ2v) is 5.45. The van der Waals surface area contributed by atoms with E-state index < -0.39 is 5.54 Å². The molecular formula is C9H12Br2N2O. The summed E-state index contributed by atoms with van der Waals surface area (Å²) in [4.78, 5) is 11.3. The van der Waals surface area contributed by atoms with E-state index >= 15 is 0 Å². The van der Waals surface area contributed by atoms with Crippen LogP contribution in [0.5, 0.6) is 0 Å². The van der Waals surface area contributed by atoms with Crippen LogP contribution in [0, 0.1) is 17.2 Å². The van der Waals surface area contributed by atoms with Crippen LogP contribution in [0.15, 0.2) is 0 Å². The third-order valence-electron chi connectivity index (χ3n) is 2.43. The number of carbonyl (C=O) groups excluding carboxylic acids is 1. The van der Waals surface area contributed by atoms with Gasteiger partial charge in [0, 0.05) is 5.33 Å². The van der Waals surface area contributed by atoms with Gasteiger partial charge in [0.15, 0.2) is 0 Å². The number of nitrogens with zero attached hydrogens (tertiary/aromatic N) is 1. The third kappa shape index (κ3) is 2.71. The molecule has 78 valence electrons. The molecule has 1 rings (SSSR count). The molecule has 0 aromatic carbocycles. The molecule has 0 bridgehead atoms. The van der Waals surface area contributed by atoms with Gasteiger partial charge in [0.25, 0.3) is 0 Å². The van der Waals surface area contributed by atoms with Gasteiger partial charge in [-0.2, -0.15) is 5.26 Å². The molecule has 14 heavy (non-hydrogen) atoms. The van der Waals surface area contributed by atoms with Gasteiger partial charge in [-0.3, -0.25) is 4.79 Å². The Bertz CT molecular complexity index is 272. The van der Waals surface area contributed by atoms with E-state index in [0.29, 0.717) is 11.2 Å². The number of amides is 1. The second-order valence-electron chi connectivity index (χ2n) is 3.70. The molecule has 1 aliphatic carbocycles. The molecule has 5 heteroatoms. The van der Waals surface area contributed by atoms with Crippen molar-refractivity contribution in [2.45, 2.75) is 30.1 Å². The Morgan fingerprint density at radius 1 is 1.79 bits per heavy atom. The Morgan fingerprint density at radius 3 is 2.71 bits per heavy atom. The predicted molar refractivity (Wildman–Crippen MR) is 61.4 cm³/mol. The maximum Gasteiger partial charge on any atom is 0.235 e. The average molecular weight is 324 g/mol. The fourth-order valence-electron chi connectivity index (χ4n) is 1.29. The number of alkyl halides is 2. The van der Waals surface area contributed by atoms with Crippen LogP contribution in [0.4, 0.5) is 0 Å². The first-order valence-corrected chi connectivity index (χ1v) is 6.50. The molecule has 0 aromatic heterocycles. The average Bonchev–Trinajstić information content (AvgIpc) is 2.99. The molecule has 1 saturated carbocycles. The third-order valence-corrected chi connectivity index (χ3v) is 4.68. The van der Waals surface area contributed by atoms with Crippen LogP contribution in [-0.2, 0) is 4.79 Å². The Balaban J connectivity index is 2.57. The smallest absolute Gasteiger partial charge is 0.235 e.